The Morgan fingerprint density at radius 1 is 1.16 bits per heavy atom. The lowest BCUT2D eigenvalue weighted by molar-refractivity contribution is -0.137. The van der Waals surface area contributed by atoms with E-state index in [1.165, 1.54) is 0 Å². The van der Waals surface area contributed by atoms with Crippen LogP contribution in [0.25, 0.3) is 0 Å². The third-order valence-corrected chi connectivity index (χ3v) is 5.22. The van der Waals surface area contributed by atoms with Gasteiger partial charge in [0.2, 0.25) is 5.91 Å². The molecule has 142 valence electrons. The number of likely N-dealkylation sites (N-methyl/N-ethyl adjacent to an activating group) is 1. The molecule has 0 atom stereocenters. The number of carbonyl (C=O) groups is 3. The minimum absolute atomic E-state index is 0.194. The van der Waals surface area contributed by atoms with Gasteiger partial charge in [-0.25, -0.2) is 4.79 Å². The van der Waals surface area contributed by atoms with Crippen LogP contribution in [-0.2, 0) is 14.3 Å². The van der Waals surface area contributed by atoms with Gasteiger partial charge in [-0.15, -0.1) is 0 Å². The van der Waals surface area contributed by atoms with Crippen LogP contribution in [0.2, 0.25) is 0 Å². The number of rotatable bonds is 9. The molecule has 1 saturated heterocycles. The first-order valence-electron chi connectivity index (χ1n) is 9.47. The quantitative estimate of drug-likeness (QED) is 0.507. The average Bonchev–Trinajstić information content (AvgIpc) is 2.78. The number of hydrogen-bond acceptors (Lipinski definition) is 4. The summed E-state index contributed by atoms with van der Waals surface area (Å²) in [6, 6.07) is -0.357. The molecule has 2 aliphatic rings. The number of urea groups is 1. The van der Waals surface area contributed by atoms with E-state index in [-0.39, 0.29) is 24.4 Å². The number of unbranched alkanes of at least 4 members (excludes halogenated alkanes) is 1. The third-order valence-electron chi connectivity index (χ3n) is 5.22. The van der Waals surface area contributed by atoms with Gasteiger partial charge in [-0.05, 0) is 25.7 Å². The number of ether oxygens (including phenoxy) is 1. The SMILES string of the molecule is CCCCOCCCNC(=O)CN1C(=O)N(C)C2(CCCCC2)C1=O. The fourth-order valence-electron chi connectivity index (χ4n) is 3.62. The van der Waals surface area contributed by atoms with Crippen LogP contribution in [0.4, 0.5) is 4.79 Å². The van der Waals surface area contributed by atoms with Crippen molar-refractivity contribution in [2.75, 3.05) is 33.4 Å². The second kappa shape index (κ2) is 9.17. The van der Waals surface area contributed by atoms with Crippen LogP contribution in [0.15, 0.2) is 0 Å². The third kappa shape index (κ3) is 4.51. The number of hydrogen-bond donors (Lipinski definition) is 1. The van der Waals surface area contributed by atoms with Gasteiger partial charge in [0.1, 0.15) is 12.1 Å². The van der Waals surface area contributed by atoms with Gasteiger partial charge in [0, 0.05) is 26.8 Å². The number of nitrogens with zero attached hydrogens (tertiary/aromatic N) is 2. The standard InChI is InChI=1S/C18H31N3O4/c1-3-4-12-25-13-8-11-19-15(22)14-21-16(23)18(20(2)17(21)24)9-6-5-7-10-18/h3-14H2,1-2H3,(H,19,22). The van der Waals surface area contributed by atoms with E-state index in [1.54, 1.807) is 11.9 Å². The summed E-state index contributed by atoms with van der Waals surface area (Å²) >= 11 is 0. The molecule has 1 spiro atoms. The van der Waals surface area contributed by atoms with Gasteiger partial charge in [-0.3, -0.25) is 14.5 Å². The Bertz CT molecular complexity index is 489. The van der Waals surface area contributed by atoms with Gasteiger partial charge in [0.25, 0.3) is 5.91 Å². The summed E-state index contributed by atoms with van der Waals surface area (Å²) in [5.74, 6) is -0.505. The lowest BCUT2D eigenvalue weighted by Crippen LogP contribution is -2.49. The van der Waals surface area contributed by atoms with Crippen LogP contribution >= 0.6 is 0 Å². The van der Waals surface area contributed by atoms with E-state index in [9.17, 15) is 14.4 Å². The molecule has 7 heteroatoms. The highest BCUT2D eigenvalue weighted by Crippen LogP contribution is 2.39. The molecule has 7 nitrogen and oxygen atoms in total. The predicted octanol–water partition coefficient (Wildman–Crippen LogP) is 1.91. The predicted molar refractivity (Wildman–Crippen MR) is 94.0 cm³/mol. The van der Waals surface area contributed by atoms with Crippen molar-refractivity contribution < 1.29 is 19.1 Å². The van der Waals surface area contributed by atoms with Crippen molar-refractivity contribution in [1.82, 2.24) is 15.1 Å². The molecule has 2 rings (SSSR count). The van der Waals surface area contributed by atoms with Crippen LogP contribution in [0.5, 0.6) is 0 Å². The van der Waals surface area contributed by atoms with Crippen LogP contribution in [0.3, 0.4) is 0 Å². The summed E-state index contributed by atoms with van der Waals surface area (Å²) in [4.78, 5) is 40.0. The van der Waals surface area contributed by atoms with Crippen molar-refractivity contribution in [3.63, 3.8) is 0 Å². The maximum absolute atomic E-state index is 12.8. The molecule has 0 bridgehead atoms. The maximum Gasteiger partial charge on any atom is 0.327 e. The Hall–Kier alpha value is -1.63. The topological polar surface area (TPSA) is 79.0 Å². The summed E-state index contributed by atoms with van der Waals surface area (Å²) in [7, 11) is 1.68. The van der Waals surface area contributed by atoms with Crippen LogP contribution in [-0.4, -0.2) is 66.5 Å². The van der Waals surface area contributed by atoms with Gasteiger partial charge in [-0.2, -0.15) is 0 Å². The molecule has 0 aromatic heterocycles. The number of carbonyl (C=O) groups excluding carboxylic acids is 3. The zero-order valence-electron chi connectivity index (χ0n) is 15.5. The molecule has 1 N–H and O–H groups in total. The van der Waals surface area contributed by atoms with E-state index >= 15 is 0 Å². The monoisotopic (exact) mass is 353 g/mol. The Balaban J connectivity index is 1.76. The second-order valence-corrected chi connectivity index (χ2v) is 6.99. The Morgan fingerprint density at radius 2 is 1.84 bits per heavy atom. The minimum atomic E-state index is -0.720. The van der Waals surface area contributed by atoms with Gasteiger partial charge in [0.15, 0.2) is 0 Å². The zero-order chi connectivity index (χ0) is 18.3. The van der Waals surface area contributed by atoms with Crippen LogP contribution in [0.1, 0.15) is 58.3 Å². The van der Waals surface area contributed by atoms with Crippen LogP contribution < -0.4 is 5.32 Å². The first-order chi connectivity index (χ1) is 12.0. The van der Waals surface area contributed by atoms with Gasteiger partial charge in [-0.1, -0.05) is 32.6 Å². The summed E-state index contributed by atoms with van der Waals surface area (Å²) in [6.07, 6.45) is 7.25. The van der Waals surface area contributed by atoms with Gasteiger partial charge in [0.05, 0.1) is 0 Å². The zero-order valence-corrected chi connectivity index (χ0v) is 15.5. The van der Waals surface area contributed by atoms with Crippen molar-refractivity contribution in [3.8, 4) is 0 Å². The van der Waals surface area contributed by atoms with Crippen molar-refractivity contribution in [2.24, 2.45) is 0 Å². The summed E-state index contributed by atoms with van der Waals surface area (Å²) in [5, 5.41) is 2.76. The van der Waals surface area contributed by atoms with Gasteiger partial charge < -0.3 is 15.0 Å². The fourth-order valence-corrected chi connectivity index (χ4v) is 3.62. The molecule has 1 aliphatic heterocycles. The van der Waals surface area contributed by atoms with Crippen molar-refractivity contribution in [2.45, 2.75) is 63.8 Å². The highest BCUT2D eigenvalue weighted by Gasteiger charge is 2.55. The normalized spacial score (nSPS) is 19.8. The average molecular weight is 353 g/mol. The van der Waals surface area contributed by atoms with Crippen molar-refractivity contribution >= 4 is 17.8 Å². The second-order valence-electron chi connectivity index (χ2n) is 6.99. The molecular weight excluding hydrogens is 322 g/mol. The molecule has 1 aliphatic carbocycles. The minimum Gasteiger partial charge on any atom is -0.381 e. The molecule has 0 aromatic rings. The molecule has 0 radical (unpaired) electrons. The summed E-state index contributed by atoms with van der Waals surface area (Å²) < 4.78 is 5.44. The van der Waals surface area contributed by atoms with Crippen molar-refractivity contribution in [1.29, 1.82) is 0 Å². The van der Waals surface area contributed by atoms with E-state index in [2.05, 4.69) is 12.2 Å². The highest BCUT2D eigenvalue weighted by molar-refractivity contribution is 6.08. The largest absolute Gasteiger partial charge is 0.381 e. The first kappa shape index (κ1) is 19.7. The van der Waals surface area contributed by atoms with E-state index < -0.39 is 5.54 Å². The van der Waals surface area contributed by atoms with E-state index in [0.717, 1.165) is 50.0 Å². The Kier molecular flexibility index (Phi) is 7.23. The smallest absolute Gasteiger partial charge is 0.327 e. The molecule has 25 heavy (non-hydrogen) atoms. The Labute approximate surface area is 150 Å². The van der Waals surface area contributed by atoms with E-state index in [1.807, 2.05) is 0 Å². The molecule has 0 aromatic carbocycles. The maximum atomic E-state index is 12.8. The molecule has 1 heterocycles. The molecule has 4 amide bonds. The van der Waals surface area contributed by atoms with E-state index in [0.29, 0.717) is 26.0 Å². The lowest BCUT2D eigenvalue weighted by Gasteiger charge is -2.35. The molecule has 0 unspecified atom stereocenters. The highest BCUT2D eigenvalue weighted by atomic mass is 16.5. The number of amides is 4. The number of nitrogens with one attached hydrogen (secondary N) is 1. The molecule has 1 saturated carbocycles. The fraction of sp³-hybridized carbons (Fsp3) is 0.833. The lowest BCUT2D eigenvalue weighted by atomic mass is 9.81. The van der Waals surface area contributed by atoms with Crippen LogP contribution in [0, 0.1) is 0 Å². The first-order valence-corrected chi connectivity index (χ1v) is 9.47. The van der Waals surface area contributed by atoms with Crippen molar-refractivity contribution in [3.05, 3.63) is 0 Å². The summed E-state index contributed by atoms with van der Waals surface area (Å²) in [6.45, 7) is 3.76. The van der Waals surface area contributed by atoms with Gasteiger partial charge >= 0.3 is 6.03 Å². The number of imide groups is 1. The van der Waals surface area contributed by atoms with E-state index in [4.69, 9.17) is 4.74 Å². The molecule has 2 fully saturated rings. The summed E-state index contributed by atoms with van der Waals surface area (Å²) in [5.41, 5.74) is -0.720. The Morgan fingerprint density at radius 3 is 2.52 bits per heavy atom. The molecular formula is C18H31N3O4.